The molecule has 78 valence electrons. The van der Waals surface area contributed by atoms with E-state index in [1.54, 1.807) is 6.20 Å². The second kappa shape index (κ2) is 3.79. The Labute approximate surface area is 83.1 Å². The lowest BCUT2D eigenvalue weighted by Gasteiger charge is -2.22. The van der Waals surface area contributed by atoms with E-state index >= 15 is 0 Å². The molecule has 5 heteroatoms. The lowest BCUT2D eigenvalue weighted by atomic mass is 10.1. The molecule has 0 aliphatic carbocycles. The molecule has 1 aromatic rings. The number of imidazole rings is 1. The van der Waals surface area contributed by atoms with Crippen LogP contribution < -0.4 is 11.1 Å². The van der Waals surface area contributed by atoms with E-state index in [2.05, 4.69) is 15.3 Å². The predicted molar refractivity (Wildman–Crippen MR) is 53.4 cm³/mol. The zero-order chi connectivity index (χ0) is 10.8. The molecule has 0 aliphatic heterocycles. The van der Waals surface area contributed by atoms with Crippen molar-refractivity contribution < 1.29 is 4.79 Å². The van der Waals surface area contributed by atoms with Crippen LogP contribution in [-0.2, 0) is 4.79 Å². The van der Waals surface area contributed by atoms with E-state index in [0.717, 1.165) is 0 Å². The van der Waals surface area contributed by atoms with Crippen LogP contribution in [0, 0.1) is 0 Å². The molecule has 0 aliphatic rings. The molecule has 1 aromatic heterocycles. The molecule has 0 aromatic carbocycles. The van der Waals surface area contributed by atoms with Gasteiger partial charge in [0, 0.05) is 5.54 Å². The molecule has 14 heavy (non-hydrogen) atoms. The zero-order valence-electron chi connectivity index (χ0n) is 8.66. The Bertz CT molecular complexity index is 299. The van der Waals surface area contributed by atoms with Gasteiger partial charge in [-0.25, -0.2) is 4.98 Å². The molecular formula is C9H16N4O. The predicted octanol–water partition coefficient (Wildman–Crippen LogP) is 0.324. The summed E-state index contributed by atoms with van der Waals surface area (Å²) in [7, 11) is 0. The summed E-state index contributed by atoms with van der Waals surface area (Å²) in [6.07, 6.45) is 3.05. The second-order valence-corrected chi connectivity index (χ2v) is 4.22. The maximum Gasteiger partial charge on any atom is 0.243 e. The molecule has 1 amide bonds. The number of carbonyl (C=O) groups is 1. The standard InChI is InChI=1S/C9H16N4O/c1-9(2,3)13-8(14)7(10)6-4-11-5-12-6/h4-5,7H,10H2,1-3H3,(H,11,12)(H,13,14). The van der Waals surface area contributed by atoms with Gasteiger partial charge in [0.05, 0.1) is 18.2 Å². The summed E-state index contributed by atoms with van der Waals surface area (Å²) in [6.45, 7) is 5.72. The fourth-order valence-corrected chi connectivity index (χ4v) is 1.03. The van der Waals surface area contributed by atoms with Gasteiger partial charge < -0.3 is 16.0 Å². The van der Waals surface area contributed by atoms with Crippen molar-refractivity contribution in [3.05, 3.63) is 18.2 Å². The van der Waals surface area contributed by atoms with Crippen LogP contribution in [0.5, 0.6) is 0 Å². The smallest absolute Gasteiger partial charge is 0.243 e. The van der Waals surface area contributed by atoms with Crippen LogP contribution in [0.4, 0.5) is 0 Å². The van der Waals surface area contributed by atoms with E-state index < -0.39 is 6.04 Å². The number of hydrogen-bond donors (Lipinski definition) is 3. The topological polar surface area (TPSA) is 83.8 Å². The third-order valence-corrected chi connectivity index (χ3v) is 1.64. The van der Waals surface area contributed by atoms with Crippen molar-refractivity contribution >= 4 is 5.91 Å². The van der Waals surface area contributed by atoms with Crippen LogP contribution in [0.3, 0.4) is 0 Å². The molecule has 1 unspecified atom stereocenters. The van der Waals surface area contributed by atoms with Crippen LogP contribution in [0.1, 0.15) is 32.5 Å². The number of aromatic amines is 1. The van der Waals surface area contributed by atoms with Gasteiger partial charge in [-0.1, -0.05) is 0 Å². The number of rotatable bonds is 2. The molecule has 4 N–H and O–H groups in total. The SMILES string of the molecule is CC(C)(C)NC(=O)C(N)c1cnc[nH]1. The molecule has 1 atom stereocenters. The Morgan fingerprint density at radius 3 is 2.71 bits per heavy atom. The van der Waals surface area contributed by atoms with Gasteiger partial charge in [-0.2, -0.15) is 0 Å². The Kier molecular flexibility index (Phi) is 2.90. The highest BCUT2D eigenvalue weighted by molar-refractivity contribution is 5.82. The molecule has 0 bridgehead atoms. The van der Waals surface area contributed by atoms with E-state index in [0.29, 0.717) is 5.69 Å². The number of H-pyrrole nitrogens is 1. The Hall–Kier alpha value is -1.36. The van der Waals surface area contributed by atoms with E-state index in [1.165, 1.54) is 6.33 Å². The third-order valence-electron chi connectivity index (χ3n) is 1.64. The molecule has 5 nitrogen and oxygen atoms in total. The van der Waals surface area contributed by atoms with Crippen LogP contribution in [0.15, 0.2) is 12.5 Å². The largest absolute Gasteiger partial charge is 0.350 e. The molecule has 0 radical (unpaired) electrons. The summed E-state index contributed by atoms with van der Waals surface area (Å²) in [5.41, 5.74) is 6.06. The van der Waals surface area contributed by atoms with Crippen molar-refractivity contribution in [1.82, 2.24) is 15.3 Å². The summed E-state index contributed by atoms with van der Waals surface area (Å²) >= 11 is 0. The van der Waals surface area contributed by atoms with Crippen molar-refractivity contribution in [2.75, 3.05) is 0 Å². The molecule has 0 fully saturated rings. The number of amides is 1. The van der Waals surface area contributed by atoms with E-state index in [-0.39, 0.29) is 11.4 Å². The summed E-state index contributed by atoms with van der Waals surface area (Å²) in [6, 6.07) is -0.684. The van der Waals surface area contributed by atoms with Crippen molar-refractivity contribution in [3.63, 3.8) is 0 Å². The number of nitrogens with zero attached hydrogens (tertiary/aromatic N) is 1. The maximum absolute atomic E-state index is 11.6. The van der Waals surface area contributed by atoms with Gasteiger partial charge in [0.1, 0.15) is 6.04 Å². The zero-order valence-corrected chi connectivity index (χ0v) is 8.66. The minimum atomic E-state index is -0.684. The number of nitrogens with one attached hydrogen (secondary N) is 2. The highest BCUT2D eigenvalue weighted by Crippen LogP contribution is 2.07. The summed E-state index contributed by atoms with van der Waals surface area (Å²) in [4.78, 5) is 18.2. The first-order chi connectivity index (χ1) is 6.40. The first kappa shape index (κ1) is 10.7. The van der Waals surface area contributed by atoms with Gasteiger partial charge in [0.25, 0.3) is 0 Å². The lowest BCUT2D eigenvalue weighted by molar-refractivity contribution is -0.123. The van der Waals surface area contributed by atoms with Crippen molar-refractivity contribution in [1.29, 1.82) is 0 Å². The fraction of sp³-hybridized carbons (Fsp3) is 0.556. The first-order valence-electron chi connectivity index (χ1n) is 4.46. The number of nitrogens with two attached hydrogens (primary N) is 1. The molecule has 1 heterocycles. The number of aromatic nitrogens is 2. The highest BCUT2D eigenvalue weighted by atomic mass is 16.2. The average Bonchev–Trinajstić information content (AvgIpc) is 2.51. The minimum absolute atomic E-state index is 0.207. The average molecular weight is 196 g/mol. The van der Waals surface area contributed by atoms with Crippen LogP contribution in [0.25, 0.3) is 0 Å². The Morgan fingerprint density at radius 2 is 2.29 bits per heavy atom. The Balaban J connectivity index is 2.63. The van der Waals surface area contributed by atoms with Crippen LogP contribution in [-0.4, -0.2) is 21.4 Å². The van der Waals surface area contributed by atoms with Gasteiger partial charge in [0.2, 0.25) is 5.91 Å². The van der Waals surface area contributed by atoms with Crippen LogP contribution >= 0.6 is 0 Å². The van der Waals surface area contributed by atoms with E-state index in [9.17, 15) is 4.79 Å². The second-order valence-electron chi connectivity index (χ2n) is 4.22. The fourth-order valence-electron chi connectivity index (χ4n) is 1.03. The number of hydrogen-bond acceptors (Lipinski definition) is 3. The van der Waals surface area contributed by atoms with E-state index in [1.807, 2.05) is 20.8 Å². The van der Waals surface area contributed by atoms with E-state index in [4.69, 9.17) is 5.73 Å². The van der Waals surface area contributed by atoms with Gasteiger partial charge in [-0.05, 0) is 20.8 Å². The summed E-state index contributed by atoms with van der Waals surface area (Å²) < 4.78 is 0. The van der Waals surface area contributed by atoms with Crippen molar-refractivity contribution in [2.24, 2.45) is 5.73 Å². The monoisotopic (exact) mass is 196 g/mol. The molecule has 0 saturated heterocycles. The van der Waals surface area contributed by atoms with Gasteiger partial charge in [-0.15, -0.1) is 0 Å². The Morgan fingerprint density at radius 1 is 1.64 bits per heavy atom. The molecule has 0 saturated carbocycles. The van der Waals surface area contributed by atoms with Crippen molar-refractivity contribution in [2.45, 2.75) is 32.4 Å². The van der Waals surface area contributed by atoms with Gasteiger partial charge in [0.15, 0.2) is 0 Å². The first-order valence-corrected chi connectivity index (χ1v) is 4.46. The highest BCUT2D eigenvalue weighted by Gasteiger charge is 2.21. The van der Waals surface area contributed by atoms with Crippen molar-refractivity contribution in [3.8, 4) is 0 Å². The number of carbonyl (C=O) groups excluding carboxylic acids is 1. The minimum Gasteiger partial charge on any atom is -0.350 e. The summed E-state index contributed by atoms with van der Waals surface area (Å²) in [5.74, 6) is -0.207. The molecule has 1 rings (SSSR count). The van der Waals surface area contributed by atoms with Crippen LogP contribution in [0.2, 0.25) is 0 Å². The molecular weight excluding hydrogens is 180 g/mol. The third kappa shape index (κ3) is 2.85. The van der Waals surface area contributed by atoms with Gasteiger partial charge >= 0.3 is 0 Å². The lowest BCUT2D eigenvalue weighted by Crippen LogP contribution is -2.45. The van der Waals surface area contributed by atoms with Gasteiger partial charge in [-0.3, -0.25) is 4.79 Å². The quantitative estimate of drug-likeness (QED) is 0.637. The normalized spacial score (nSPS) is 13.7. The summed E-state index contributed by atoms with van der Waals surface area (Å²) in [5, 5.41) is 2.80. The molecule has 0 spiro atoms. The maximum atomic E-state index is 11.6.